The van der Waals surface area contributed by atoms with Gasteiger partial charge in [0.05, 0.1) is 16.8 Å². The first-order chi connectivity index (χ1) is 10.3. The molecule has 1 atom stereocenters. The molecule has 3 rings (SSSR count). The Morgan fingerprint density at radius 2 is 2.24 bits per heavy atom. The zero-order chi connectivity index (χ0) is 14.7. The van der Waals surface area contributed by atoms with Gasteiger partial charge in [0, 0.05) is 44.8 Å². The lowest BCUT2D eigenvalue weighted by Crippen LogP contribution is -2.48. The Balaban J connectivity index is 1.73. The first kappa shape index (κ1) is 14.5. The molecule has 5 nitrogen and oxygen atoms in total. The van der Waals surface area contributed by atoms with Crippen molar-refractivity contribution in [3.05, 3.63) is 47.3 Å². The Labute approximate surface area is 130 Å². The van der Waals surface area contributed by atoms with Gasteiger partial charge in [-0.15, -0.1) is 0 Å². The quantitative estimate of drug-likeness (QED) is 0.942. The molecule has 21 heavy (non-hydrogen) atoms. The van der Waals surface area contributed by atoms with Gasteiger partial charge in [-0.2, -0.15) is 0 Å². The van der Waals surface area contributed by atoms with E-state index in [4.69, 9.17) is 11.6 Å². The maximum Gasteiger partial charge on any atom is 0.124 e. The van der Waals surface area contributed by atoms with Crippen LogP contribution in [0.25, 0.3) is 0 Å². The summed E-state index contributed by atoms with van der Waals surface area (Å²) < 4.78 is 0. The largest absolute Gasteiger partial charge is 0.347 e. The number of H-pyrrole nitrogens is 1. The maximum absolute atomic E-state index is 6.22. The highest BCUT2D eigenvalue weighted by Crippen LogP contribution is 2.24. The minimum absolute atomic E-state index is 0.307. The predicted octanol–water partition coefficient (Wildman–Crippen LogP) is 2.34. The summed E-state index contributed by atoms with van der Waals surface area (Å²) in [6.07, 6.45) is 5.50. The Morgan fingerprint density at radius 3 is 2.95 bits per heavy atom. The van der Waals surface area contributed by atoms with E-state index in [0.29, 0.717) is 6.04 Å². The van der Waals surface area contributed by atoms with Gasteiger partial charge in [0.25, 0.3) is 0 Å². The number of aromatic amines is 1. The number of piperazine rings is 1. The van der Waals surface area contributed by atoms with Crippen molar-refractivity contribution in [3.8, 4) is 0 Å². The number of pyridine rings is 1. The fraction of sp³-hybridized carbons (Fsp3) is 0.467. The zero-order valence-electron chi connectivity index (χ0n) is 12.2. The number of nitrogens with one attached hydrogen (secondary N) is 1. The molecular formula is C15H20ClN5. The van der Waals surface area contributed by atoms with Crippen LogP contribution < -0.4 is 0 Å². The molecule has 1 aliphatic rings. The van der Waals surface area contributed by atoms with Crippen LogP contribution in [0.4, 0.5) is 0 Å². The molecule has 0 radical (unpaired) electrons. The molecule has 0 aromatic carbocycles. The van der Waals surface area contributed by atoms with Crippen LogP contribution in [0.3, 0.4) is 0 Å². The number of hydrogen-bond donors (Lipinski definition) is 1. The number of rotatable bonds is 4. The molecule has 1 fully saturated rings. The summed E-state index contributed by atoms with van der Waals surface area (Å²) in [5.74, 6) is 1.04. The van der Waals surface area contributed by atoms with Crippen molar-refractivity contribution in [3.63, 3.8) is 0 Å². The summed E-state index contributed by atoms with van der Waals surface area (Å²) in [5.41, 5.74) is 0.947. The second kappa shape index (κ2) is 6.56. The van der Waals surface area contributed by atoms with Gasteiger partial charge in [-0.3, -0.25) is 14.8 Å². The average molecular weight is 306 g/mol. The Bertz CT molecular complexity index is 571. The number of hydrogen-bond acceptors (Lipinski definition) is 4. The van der Waals surface area contributed by atoms with Crippen molar-refractivity contribution in [2.75, 3.05) is 26.2 Å². The van der Waals surface area contributed by atoms with E-state index in [0.717, 1.165) is 49.3 Å². The number of halogens is 1. The average Bonchev–Trinajstić information content (AvgIpc) is 3.04. The van der Waals surface area contributed by atoms with E-state index in [-0.39, 0.29) is 0 Å². The van der Waals surface area contributed by atoms with Crippen LogP contribution in [0.1, 0.15) is 24.5 Å². The fourth-order valence-corrected chi connectivity index (χ4v) is 3.05. The summed E-state index contributed by atoms with van der Waals surface area (Å²) in [6, 6.07) is 4.07. The van der Waals surface area contributed by atoms with E-state index < -0.39 is 0 Å². The topological polar surface area (TPSA) is 48.1 Å². The van der Waals surface area contributed by atoms with Gasteiger partial charge in [-0.05, 0) is 18.7 Å². The Kier molecular flexibility index (Phi) is 4.53. The smallest absolute Gasteiger partial charge is 0.124 e. The molecular weight excluding hydrogens is 286 g/mol. The third-order valence-corrected chi connectivity index (χ3v) is 4.37. The molecule has 0 aliphatic carbocycles. The number of aromatic nitrogens is 3. The lowest BCUT2D eigenvalue weighted by molar-refractivity contribution is 0.0690. The normalized spacial score (nSPS) is 20.8. The highest BCUT2D eigenvalue weighted by Gasteiger charge is 2.29. The van der Waals surface area contributed by atoms with E-state index >= 15 is 0 Å². The van der Waals surface area contributed by atoms with Crippen LogP contribution in [-0.2, 0) is 6.54 Å². The van der Waals surface area contributed by atoms with Crippen molar-refractivity contribution in [1.82, 2.24) is 24.8 Å². The van der Waals surface area contributed by atoms with Crippen molar-refractivity contribution in [2.24, 2.45) is 0 Å². The molecule has 112 valence electrons. The van der Waals surface area contributed by atoms with Crippen molar-refractivity contribution in [2.45, 2.75) is 19.5 Å². The minimum Gasteiger partial charge on any atom is -0.347 e. The first-order valence-corrected chi connectivity index (χ1v) is 7.70. The van der Waals surface area contributed by atoms with E-state index in [1.54, 1.807) is 6.20 Å². The third-order valence-electron chi connectivity index (χ3n) is 4.02. The monoisotopic (exact) mass is 305 g/mol. The molecule has 6 heteroatoms. The lowest BCUT2D eigenvalue weighted by atomic mass is 10.1. The summed E-state index contributed by atoms with van der Waals surface area (Å²) in [7, 11) is 0. The number of imidazole rings is 1. The van der Waals surface area contributed by atoms with Gasteiger partial charge in [-0.25, -0.2) is 4.98 Å². The molecule has 2 aromatic heterocycles. The van der Waals surface area contributed by atoms with E-state index in [1.165, 1.54) is 0 Å². The van der Waals surface area contributed by atoms with Gasteiger partial charge in [0.15, 0.2) is 0 Å². The summed E-state index contributed by atoms with van der Waals surface area (Å²) in [5, 5.41) is 0.741. The van der Waals surface area contributed by atoms with Gasteiger partial charge in [0.1, 0.15) is 5.82 Å². The van der Waals surface area contributed by atoms with Gasteiger partial charge in [0.2, 0.25) is 0 Å². The molecule has 0 spiro atoms. The maximum atomic E-state index is 6.22. The summed E-state index contributed by atoms with van der Waals surface area (Å²) in [4.78, 5) is 16.9. The molecule has 0 saturated carbocycles. The Morgan fingerprint density at radius 1 is 1.33 bits per heavy atom. The van der Waals surface area contributed by atoms with Crippen molar-refractivity contribution < 1.29 is 0 Å². The molecule has 1 saturated heterocycles. The van der Waals surface area contributed by atoms with Crippen LogP contribution in [0, 0.1) is 0 Å². The van der Waals surface area contributed by atoms with Crippen molar-refractivity contribution >= 4 is 11.6 Å². The number of likely N-dealkylation sites (N-methyl/N-ethyl adjacent to an activating group) is 1. The van der Waals surface area contributed by atoms with Gasteiger partial charge >= 0.3 is 0 Å². The molecule has 2 aromatic rings. The standard InChI is InChI=1S/C15H20ClN5/c1-2-21-9-8-20(10-13-12(16)4-3-5-17-13)11-14(21)15-18-6-7-19-15/h3-7,14H,2,8-11H2,1H3,(H,18,19). The van der Waals surface area contributed by atoms with Gasteiger partial charge in [-0.1, -0.05) is 18.5 Å². The van der Waals surface area contributed by atoms with E-state index in [9.17, 15) is 0 Å². The zero-order valence-corrected chi connectivity index (χ0v) is 12.9. The molecule has 0 bridgehead atoms. The highest BCUT2D eigenvalue weighted by atomic mass is 35.5. The molecule has 1 unspecified atom stereocenters. The summed E-state index contributed by atoms with van der Waals surface area (Å²) >= 11 is 6.22. The first-order valence-electron chi connectivity index (χ1n) is 7.33. The van der Waals surface area contributed by atoms with Gasteiger partial charge < -0.3 is 4.98 Å². The van der Waals surface area contributed by atoms with Crippen LogP contribution in [0.2, 0.25) is 5.02 Å². The second-order valence-electron chi connectivity index (χ2n) is 5.29. The molecule has 1 N–H and O–H groups in total. The minimum atomic E-state index is 0.307. The molecule has 1 aliphatic heterocycles. The van der Waals surface area contributed by atoms with Crippen LogP contribution in [-0.4, -0.2) is 50.9 Å². The SMILES string of the molecule is CCN1CCN(Cc2ncccc2Cl)CC1c1ncc[nH]1. The Hall–Kier alpha value is -1.43. The number of nitrogens with zero attached hydrogens (tertiary/aromatic N) is 4. The second-order valence-corrected chi connectivity index (χ2v) is 5.69. The third kappa shape index (κ3) is 3.26. The molecule has 0 amide bonds. The fourth-order valence-electron chi connectivity index (χ4n) is 2.86. The van der Waals surface area contributed by atoms with E-state index in [1.807, 2.05) is 24.5 Å². The highest BCUT2D eigenvalue weighted by molar-refractivity contribution is 6.31. The van der Waals surface area contributed by atoms with Crippen LogP contribution in [0.15, 0.2) is 30.7 Å². The van der Waals surface area contributed by atoms with E-state index in [2.05, 4.69) is 31.7 Å². The molecule has 3 heterocycles. The van der Waals surface area contributed by atoms with Crippen LogP contribution in [0.5, 0.6) is 0 Å². The van der Waals surface area contributed by atoms with Crippen molar-refractivity contribution in [1.29, 1.82) is 0 Å². The van der Waals surface area contributed by atoms with Crippen LogP contribution >= 0.6 is 11.6 Å². The predicted molar refractivity (Wildman–Crippen MR) is 83.1 cm³/mol. The lowest BCUT2D eigenvalue weighted by Gasteiger charge is -2.40. The summed E-state index contributed by atoms with van der Waals surface area (Å²) in [6.45, 7) is 7.01.